The molecule has 298 valence electrons. The highest BCUT2D eigenvalue weighted by Crippen LogP contribution is 2.23. The van der Waals surface area contributed by atoms with E-state index >= 15 is 0 Å². The summed E-state index contributed by atoms with van der Waals surface area (Å²) in [5, 5.41) is 12.0. The van der Waals surface area contributed by atoms with Crippen LogP contribution in [-0.2, 0) is 38.2 Å². The summed E-state index contributed by atoms with van der Waals surface area (Å²) in [7, 11) is 1.22. The predicted octanol–water partition coefficient (Wildman–Crippen LogP) is 4.00. The highest BCUT2D eigenvalue weighted by atomic mass is 35.5. The van der Waals surface area contributed by atoms with Crippen molar-refractivity contribution in [3.8, 4) is 0 Å². The van der Waals surface area contributed by atoms with Crippen molar-refractivity contribution in [2.24, 2.45) is 11.8 Å². The monoisotopic (exact) mass is 785 g/mol. The maximum Gasteiger partial charge on any atom is 0.306 e. The maximum atomic E-state index is 14.1. The highest BCUT2D eigenvalue weighted by molar-refractivity contribution is 6.36. The van der Waals surface area contributed by atoms with Crippen LogP contribution < -0.4 is 21.3 Å². The molecule has 0 saturated carbocycles. The number of benzene rings is 1. The number of carbonyl (C=O) groups is 6. The average Bonchev–Trinajstić information content (AvgIpc) is 3.60. The van der Waals surface area contributed by atoms with Crippen molar-refractivity contribution in [2.45, 2.75) is 117 Å². The molecule has 0 unspecified atom stereocenters. The van der Waals surface area contributed by atoms with Gasteiger partial charge in [0.2, 0.25) is 23.6 Å². The molecule has 14 nitrogen and oxygen atoms in total. The molecule has 1 aliphatic heterocycles. The average molecular weight is 787 g/mol. The van der Waals surface area contributed by atoms with E-state index in [1.807, 2.05) is 27.7 Å². The molecule has 5 amide bonds. The Morgan fingerprint density at radius 3 is 2.17 bits per heavy atom. The number of halogens is 2. The summed E-state index contributed by atoms with van der Waals surface area (Å²) in [6.45, 7) is 12.6. The molecular formula is C37H57Cl2N5O9. The van der Waals surface area contributed by atoms with Crippen LogP contribution in [0.1, 0.15) is 96.8 Å². The number of nitrogens with one attached hydrogen (secondary N) is 4. The van der Waals surface area contributed by atoms with Crippen molar-refractivity contribution in [3.05, 3.63) is 33.8 Å². The van der Waals surface area contributed by atoms with E-state index in [2.05, 4.69) is 26.0 Å². The lowest BCUT2D eigenvalue weighted by Gasteiger charge is -2.34. The summed E-state index contributed by atoms with van der Waals surface area (Å²) in [5.41, 5.74) is 0.272. The SMILES string of the molecule is CCOC(OCC)[C@@H](NC(=O)[C@@H]1CCCN1C(=O)[C@@H](NC(=O)[C@H](CCCCNC(=O)c1ccc(Cl)cc1Cl)NC(=O)CCC(=O)OC)C(C)C)C(C)C. The minimum absolute atomic E-state index is 0.0201. The Labute approximate surface area is 323 Å². The van der Waals surface area contributed by atoms with E-state index < -0.39 is 54.1 Å². The van der Waals surface area contributed by atoms with Gasteiger partial charge in [0.1, 0.15) is 18.1 Å². The van der Waals surface area contributed by atoms with Crippen LogP contribution in [0.25, 0.3) is 0 Å². The molecule has 1 aromatic rings. The Morgan fingerprint density at radius 1 is 0.906 bits per heavy atom. The van der Waals surface area contributed by atoms with E-state index in [-0.39, 0.29) is 60.0 Å². The zero-order valence-electron chi connectivity index (χ0n) is 31.9. The molecular weight excluding hydrogens is 729 g/mol. The molecule has 1 fully saturated rings. The van der Waals surface area contributed by atoms with E-state index in [4.69, 9.17) is 32.7 Å². The summed E-state index contributed by atoms with van der Waals surface area (Å²) in [5.74, 6) is -3.19. The number of esters is 1. The number of methoxy groups -OCH3 is 1. The molecule has 1 heterocycles. The number of carbonyl (C=O) groups excluding carboxylic acids is 6. The largest absolute Gasteiger partial charge is 0.469 e. The highest BCUT2D eigenvalue weighted by Gasteiger charge is 2.41. The van der Waals surface area contributed by atoms with Crippen molar-refractivity contribution in [1.82, 2.24) is 26.2 Å². The van der Waals surface area contributed by atoms with Crippen LogP contribution in [0.3, 0.4) is 0 Å². The summed E-state index contributed by atoms with van der Waals surface area (Å²) in [6, 6.07) is 1.32. The van der Waals surface area contributed by atoms with Crippen LogP contribution in [0, 0.1) is 11.8 Å². The maximum absolute atomic E-state index is 14.1. The number of unbranched alkanes of at least 4 members (excludes halogenated alkanes) is 1. The van der Waals surface area contributed by atoms with Gasteiger partial charge in [-0.05, 0) is 76.0 Å². The normalized spacial score (nSPS) is 15.9. The molecule has 0 aliphatic carbocycles. The quantitative estimate of drug-likeness (QED) is 0.0768. The van der Waals surface area contributed by atoms with E-state index in [1.165, 1.54) is 24.1 Å². The molecule has 0 radical (unpaired) electrons. The molecule has 1 aromatic carbocycles. The molecule has 4 N–H and O–H groups in total. The first-order valence-electron chi connectivity index (χ1n) is 18.4. The predicted molar refractivity (Wildman–Crippen MR) is 201 cm³/mol. The molecule has 0 aromatic heterocycles. The summed E-state index contributed by atoms with van der Waals surface area (Å²) in [6.07, 6.45) is 1.09. The number of hydrogen-bond donors (Lipinski definition) is 4. The molecule has 53 heavy (non-hydrogen) atoms. The second-order valence-electron chi connectivity index (χ2n) is 13.5. The second-order valence-corrected chi connectivity index (χ2v) is 14.4. The topological polar surface area (TPSA) is 181 Å². The second kappa shape index (κ2) is 23.4. The number of hydrogen-bond acceptors (Lipinski definition) is 9. The minimum Gasteiger partial charge on any atom is -0.469 e. The van der Waals surface area contributed by atoms with Crippen molar-refractivity contribution in [1.29, 1.82) is 0 Å². The van der Waals surface area contributed by atoms with Crippen LogP contribution in [0.2, 0.25) is 10.0 Å². The van der Waals surface area contributed by atoms with Gasteiger partial charge in [-0.15, -0.1) is 0 Å². The molecule has 4 atom stereocenters. The van der Waals surface area contributed by atoms with Gasteiger partial charge >= 0.3 is 5.97 Å². The van der Waals surface area contributed by atoms with Gasteiger partial charge in [0.15, 0.2) is 6.29 Å². The van der Waals surface area contributed by atoms with Gasteiger partial charge < -0.3 is 40.4 Å². The van der Waals surface area contributed by atoms with Crippen LogP contribution in [-0.4, -0.2) is 104 Å². The summed E-state index contributed by atoms with van der Waals surface area (Å²) < 4.78 is 16.2. The zero-order valence-corrected chi connectivity index (χ0v) is 33.4. The first kappa shape index (κ1) is 45.7. The van der Waals surface area contributed by atoms with Crippen molar-refractivity contribution >= 4 is 58.7 Å². The number of rotatable bonds is 22. The van der Waals surface area contributed by atoms with E-state index in [1.54, 1.807) is 19.9 Å². The molecule has 1 saturated heterocycles. The van der Waals surface area contributed by atoms with Crippen molar-refractivity contribution < 1.29 is 43.0 Å². The van der Waals surface area contributed by atoms with Gasteiger partial charge in [-0.2, -0.15) is 0 Å². The smallest absolute Gasteiger partial charge is 0.306 e. The number of likely N-dealkylation sites (tertiary alicyclic amines) is 1. The van der Waals surface area contributed by atoms with E-state index in [0.29, 0.717) is 50.5 Å². The zero-order chi connectivity index (χ0) is 39.7. The van der Waals surface area contributed by atoms with Gasteiger partial charge in [-0.3, -0.25) is 28.8 Å². The third-order valence-electron chi connectivity index (χ3n) is 8.87. The summed E-state index contributed by atoms with van der Waals surface area (Å²) >= 11 is 12.1. The van der Waals surface area contributed by atoms with Gasteiger partial charge in [0, 0.05) is 37.7 Å². The lowest BCUT2D eigenvalue weighted by molar-refractivity contribution is -0.166. The van der Waals surface area contributed by atoms with Gasteiger partial charge in [-0.25, -0.2) is 0 Å². The Balaban J connectivity index is 2.15. The molecule has 1 aliphatic rings. The Hall–Kier alpha value is -3.46. The van der Waals surface area contributed by atoms with Crippen molar-refractivity contribution in [2.75, 3.05) is 33.4 Å². The first-order chi connectivity index (χ1) is 25.1. The van der Waals surface area contributed by atoms with Gasteiger partial charge in [0.25, 0.3) is 5.91 Å². The first-order valence-corrected chi connectivity index (χ1v) is 19.1. The van der Waals surface area contributed by atoms with Crippen LogP contribution in [0.15, 0.2) is 18.2 Å². The standard InChI is InChI=1S/C37H57Cl2N5O9/c1-8-52-37(53-9-2)32(23(5)6)43-35(49)28-14-12-20-44(28)36(50)31(22(3)4)42-34(48)27(41-29(45)17-18-30(46)51-7)13-10-11-19-40-33(47)25-16-15-24(38)21-26(25)39/h15-16,21-23,27-28,31-32,37H,8-14,17-20H2,1-7H3,(H,40,47)(H,41,45)(H,42,48)(H,43,49)/t27-,28-,31-,32-/m0/s1. The summed E-state index contributed by atoms with van der Waals surface area (Å²) in [4.78, 5) is 80.0. The van der Waals surface area contributed by atoms with Crippen LogP contribution in [0.5, 0.6) is 0 Å². The minimum atomic E-state index is -1.05. The van der Waals surface area contributed by atoms with Gasteiger partial charge in [0.05, 0.1) is 30.2 Å². The Morgan fingerprint density at radius 2 is 1.58 bits per heavy atom. The Bertz CT molecular complexity index is 1390. The third kappa shape index (κ3) is 14.7. The Kier molecular flexibility index (Phi) is 20.1. The molecule has 16 heteroatoms. The lowest BCUT2D eigenvalue weighted by Crippen LogP contribution is -2.59. The fraction of sp³-hybridized carbons (Fsp3) is 0.676. The number of amides is 5. The third-order valence-corrected chi connectivity index (χ3v) is 9.42. The molecule has 0 bridgehead atoms. The fourth-order valence-electron chi connectivity index (χ4n) is 5.94. The number of nitrogens with zero attached hydrogens (tertiary/aromatic N) is 1. The molecule has 2 rings (SSSR count). The fourth-order valence-corrected chi connectivity index (χ4v) is 6.43. The van der Waals surface area contributed by atoms with E-state index in [0.717, 1.165) is 0 Å². The van der Waals surface area contributed by atoms with Crippen LogP contribution >= 0.6 is 23.2 Å². The number of ether oxygens (including phenoxy) is 3. The van der Waals surface area contributed by atoms with Gasteiger partial charge in [-0.1, -0.05) is 50.9 Å². The molecule has 0 spiro atoms. The van der Waals surface area contributed by atoms with E-state index in [9.17, 15) is 28.8 Å². The van der Waals surface area contributed by atoms with Crippen LogP contribution in [0.4, 0.5) is 0 Å². The van der Waals surface area contributed by atoms with Crippen molar-refractivity contribution in [3.63, 3.8) is 0 Å². The lowest BCUT2D eigenvalue weighted by atomic mass is 10.00.